The number of furan rings is 1. The summed E-state index contributed by atoms with van der Waals surface area (Å²) in [7, 11) is 1.74. The minimum Gasteiger partial charge on any atom is -0.472 e. The third-order valence-electron chi connectivity index (χ3n) is 3.32. The van der Waals surface area contributed by atoms with Crippen molar-refractivity contribution in [2.24, 2.45) is 5.41 Å². The van der Waals surface area contributed by atoms with Crippen molar-refractivity contribution in [1.82, 2.24) is 4.90 Å². The number of nitrogens with zero attached hydrogens (tertiary/aromatic N) is 2. The van der Waals surface area contributed by atoms with Gasteiger partial charge in [0, 0.05) is 19.2 Å². The molecule has 0 radical (unpaired) electrons. The second kappa shape index (κ2) is 6.98. The average Bonchev–Trinajstić information content (AvgIpc) is 2.90. The van der Waals surface area contributed by atoms with Crippen LogP contribution in [0.2, 0.25) is 0 Å². The molecule has 1 aromatic rings. The zero-order chi connectivity index (χ0) is 14.3. The van der Waals surface area contributed by atoms with Gasteiger partial charge in [0.1, 0.15) is 5.41 Å². The van der Waals surface area contributed by atoms with E-state index in [1.165, 1.54) is 0 Å². The van der Waals surface area contributed by atoms with E-state index in [1.807, 2.05) is 19.9 Å². The van der Waals surface area contributed by atoms with Crippen LogP contribution in [0.5, 0.6) is 0 Å². The van der Waals surface area contributed by atoms with E-state index in [0.29, 0.717) is 19.4 Å². The van der Waals surface area contributed by atoms with Crippen molar-refractivity contribution in [3.05, 3.63) is 24.2 Å². The second-order valence-corrected chi connectivity index (χ2v) is 4.99. The van der Waals surface area contributed by atoms with Crippen molar-refractivity contribution < 1.29 is 9.21 Å². The van der Waals surface area contributed by atoms with Gasteiger partial charge in [-0.25, -0.2) is 0 Å². The zero-order valence-electron chi connectivity index (χ0n) is 12.0. The van der Waals surface area contributed by atoms with Crippen LogP contribution in [0.1, 0.15) is 45.1 Å². The summed E-state index contributed by atoms with van der Waals surface area (Å²) < 4.78 is 5.00. The van der Waals surface area contributed by atoms with Gasteiger partial charge in [0.15, 0.2) is 0 Å². The minimum atomic E-state index is -0.873. The van der Waals surface area contributed by atoms with Gasteiger partial charge in [-0.1, -0.05) is 26.7 Å². The topological polar surface area (TPSA) is 57.2 Å². The molecule has 0 unspecified atom stereocenters. The van der Waals surface area contributed by atoms with Crippen LogP contribution in [0.15, 0.2) is 23.0 Å². The van der Waals surface area contributed by atoms with Crippen LogP contribution in [-0.2, 0) is 11.3 Å². The largest absolute Gasteiger partial charge is 0.472 e. The van der Waals surface area contributed by atoms with Gasteiger partial charge in [0.25, 0.3) is 0 Å². The third kappa shape index (κ3) is 3.60. The highest BCUT2D eigenvalue weighted by Crippen LogP contribution is 2.31. The maximum absolute atomic E-state index is 12.6. The maximum Gasteiger partial charge on any atom is 0.243 e. The third-order valence-corrected chi connectivity index (χ3v) is 3.32. The lowest BCUT2D eigenvalue weighted by Gasteiger charge is -2.29. The van der Waals surface area contributed by atoms with Gasteiger partial charge in [0.2, 0.25) is 5.91 Å². The van der Waals surface area contributed by atoms with Crippen LogP contribution in [-0.4, -0.2) is 17.9 Å². The van der Waals surface area contributed by atoms with E-state index >= 15 is 0 Å². The Labute approximate surface area is 115 Å². The Balaban J connectivity index is 2.83. The quantitative estimate of drug-likeness (QED) is 0.757. The normalized spacial score (nSPS) is 11.1. The average molecular weight is 262 g/mol. The maximum atomic E-state index is 12.6. The highest BCUT2D eigenvalue weighted by atomic mass is 16.3. The minimum absolute atomic E-state index is 0.0834. The van der Waals surface area contributed by atoms with Gasteiger partial charge >= 0.3 is 0 Å². The van der Waals surface area contributed by atoms with Gasteiger partial charge in [-0.15, -0.1) is 0 Å². The van der Waals surface area contributed by atoms with Crippen molar-refractivity contribution >= 4 is 5.91 Å². The van der Waals surface area contributed by atoms with E-state index in [0.717, 1.165) is 18.4 Å². The molecule has 0 N–H and O–H groups in total. The molecular formula is C15H22N2O2. The predicted octanol–water partition coefficient (Wildman–Crippen LogP) is 3.35. The number of nitriles is 1. The molecule has 104 valence electrons. The summed E-state index contributed by atoms with van der Waals surface area (Å²) in [6.07, 6.45) is 6.11. The van der Waals surface area contributed by atoms with E-state index < -0.39 is 5.41 Å². The number of carbonyl (C=O) groups is 1. The molecule has 19 heavy (non-hydrogen) atoms. The first-order valence-electron chi connectivity index (χ1n) is 6.77. The molecule has 1 aromatic heterocycles. The highest BCUT2D eigenvalue weighted by Gasteiger charge is 2.38. The van der Waals surface area contributed by atoms with E-state index in [1.54, 1.807) is 24.5 Å². The van der Waals surface area contributed by atoms with Crippen molar-refractivity contribution in [3.63, 3.8) is 0 Å². The SMILES string of the molecule is CCCC(C#N)(CCC)C(=O)N(C)Cc1ccoc1. The van der Waals surface area contributed by atoms with Crippen molar-refractivity contribution in [1.29, 1.82) is 5.26 Å². The fourth-order valence-electron chi connectivity index (χ4n) is 2.45. The summed E-state index contributed by atoms with van der Waals surface area (Å²) in [6, 6.07) is 4.09. The molecule has 0 bridgehead atoms. The predicted molar refractivity (Wildman–Crippen MR) is 73.0 cm³/mol. The molecule has 0 aliphatic heterocycles. The molecule has 0 saturated carbocycles. The summed E-state index contributed by atoms with van der Waals surface area (Å²) >= 11 is 0. The van der Waals surface area contributed by atoms with Crippen LogP contribution in [0, 0.1) is 16.7 Å². The Bertz CT molecular complexity index is 425. The van der Waals surface area contributed by atoms with E-state index in [4.69, 9.17) is 4.42 Å². The summed E-state index contributed by atoms with van der Waals surface area (Å²) in [5.41, 5.74) is 0.0674. The number of hydrogen-bond acceptors (Lipinski definition) is 3. The molecule has 1 amide bonds. The fourth-order valence-corrected chi connectivity index (χ4v) is 2.45. The van der Waals surface area contributed by atoms with Crippen LogP contribution < -0.4 is 0 Å². The van der Waals surface area contributed by atoms with E-state index in [-0.39, 0.29) is 5.91 Å². The first-order chi connectivity index (χ1) is 9.09. The molecule has 1 heterocycles. The van der Waals surface area contributed by atoms with Crippen LogP contribution in [0.3, 0.4) is 0 Å². The molecule has 0 spiro atoms. The summed E-state index contributed by atoms with van der Waals surface area (Å²) in [6.45, 7) is 4.49. The smallest absolute Gasteiger partial charge is 0.243 e. The summed E-state index contributed by atoms with van der Waals surface area (Å²) in [4.78, 5) is 14.2. The Morgan fingerprint density at radius 3 is 2.47 bits per heavy atom. The lowest BCUT2D eigenvalue weighted by Crippen LogP contribution is -2.41. The molecule has 0 aliphatic carbocycles. The number of amides is 1. The molecular weight excluding hydrogens is 240 g/mol. The molecule has 0 aliphatic rings. The molecule has 0 aromatic carbocycles. The van der Waals surface area contributed by atoms with E-state index in [9.17, 15) is 10.1 Å². The Morgan fingerprint density at radius 2 is 2.05 bits per heavy atom. The zero-order valence-corrected chi connectivity index (χ0v) is 12.0. The van der Waals surface area contributed by atoms with Crippen LogP contribution in [0.25, 0.3) is 0 Å². The van der Waals surface area contributed by atoms with Crippen molar-refractivity contribution in [2.45, 2.75) is 46.1 Å². The number of rotatable bonds is 7. The monoisotopic (exact) mass is 262 g/mol. The lowest BCUT2D eigenvalue weighted by molar-refractivity contribution is -0.139. The molecule has 0 saturated heterocycles. The van der Waals surface area contributed by atoms with Crippen LogP contribution in [0.4, 0.5) is 0 Å². The molecule has 4 nitrogen and oxygen atoms in total. The van der Waals surface area contributed by atoms with Gasteiger partial charge in [0.05, 0.1) is 18.6 Å². The number of carbonyl (C=O) groups excluding carboxylic acids is 1. The second-order valence-electron chi connectivity index (χ2n) is 4.99. The van der Waals surface area contributed by atoms with Gasteiger partial charge < -0.3 is 9.32 Å². The molecule has 0 fully saturated rings. The summed E-state index contributed by atoms with van der Waals surface area (Å²) in [5.74, 6) is -0.0834. The lowest BCUT2D eigenvalue weighted by atomic mass is 9.79. The fraction of sp³-hybridized carbons (Fsp3) is 0.600. The highest BCUT2D eigenvalue weighted by molar-refractivity contribution is 5.85. The van der Waals surface area contributed by atoms with Crippen molar-refractivity contribution in [3.8, 4) is 6.07 Å². The Morgan fingerprint density at radius 1 is 1.42 bits per heavy atom. The molecule has 4 heteroatoms. The first kappa shape index (κ1) is 15.3. The molecule has 0 atom stereocenters. The van der Waals surface area contributed by atoms with Gasteiger partial charge in [-0.2, -0.15) is 5.26 Å². The van der Waals surface area contributed by atoms with Crippen molar-refractivity contribution in [2.75, 3.05) is 7.05 Å². The Kier molecular flexibility index (Phi) is 5.62. The van der Waals surface area contributed by atoms with E-state index in [2.05, 4.69) is 6.07 Å². The van der Waals surface area contributed by atoms with Crippen LogP contribution >= 0.6 is 0 Å². The van der Waals surface area contributed by atoms with Gasteiger partial charge in [-0.05, 0) is 18.9 Å². The Hall–Kier alpha value is -1.76. The first-order valence-corrected chi connectivity index (χ1v) is 6.77. The summed E-state index contributed by atoms with van der Waals surface area (Å²) in [5, 5.41) is 9.47. The standard InChI is InChI=1S/C15H22N2O2/c1-4-7-15(12-16,8-5-2)14(18)17(3)10-13-6-9-19-11-13/h6,9,11H,4-5,7-8,10H2,1-3H3. The van der Waals surface area contributed by atoms with Gasteiger partial charge in [-0.3, -0.25) is 4.79 Å². The molecule has 1 rings (SSSR count). The number of hydrogen-bond donors (Lipinski definition) is 0.